The van der Waals surface area contributed by atoms with Crippen molar-refractivity contribution in [1.82, 2.24) is 20.1 Å². The van der Waals surface area contributed by atoms with Crippen molar-refractivity contribution < 1.29 is 0 Å². The van der Waals surface area contributed by atoms with E-state index in [1.165, 1.54) is 23.1 Å². The van der Waals surface area contributed by atoms with Crippen LogP contribution in [-0.2, 0) is 25.9 Å². The maximum atomic E-state index is 4.35. The van der Waals surface area contributed by atoms with Crippen LogP contribution >= 0.6 is 0 Å². The lowest BCUT2D eigenvalue weighted by molar-refractivity contribution is 0.644. The number of hydrogen-bond donors (Lipinski definition) is 1. The van der Waals surface area contributed by atoms with E-state index in [1.54, 1.807) is 0 Å². The van der Waals surface area contributed by atoms with Crippen LogP contribution in [0.3, 0.4) is 0 Å². The van der Waals surface area contributed by atoms with Gasteiger partial charge in [0.15, 0.2) is 5.82 Å². The van der Waals surface area contributed by atoms with Crippen molar-refractivity contribution >= 4 is 0 Å². The molecular weight excluding hydrogens is 224 g/mol. The molecule has 0 bridgehead atoms. The highest BCUT2D eigenvalue weighted by atomic mass is 15.3. The van der Waals surface area contributed by atoms with Crippen LogP contribution in [0.1, 0.15) is 23.4 Å². The Hall–Kier alpha value is -1.68. The Morgan fingerprint density at radius 3 is 3.11 bits per heavy atom. The van der Waals surface area contributed by atoms with E-state index >= 15 is 0 Å². The van der Waals surface area contributed by atoms with E-state index in [4.69, 9.17) is 0 Å². The molecule has 4 rings (SSSR count). The zero-order valence-electron chi connectivity index (χ0n) is 10.3. The van der Waals surface area contributed by atoms with Gasteiger partial charge >= 0.3 is 0 Å². The maximum Gasteiger partial charge on any atom is 0.163 e. The summed E-state index contributed by atoms with van der Waals surface area (Å²) in [7, 11) is 0. The summed E-state index contributed by atoms with van der Waals surface area (Å²) in [4.78, 5) is 0. The Kier molecular flexibility index (Phi) is 2.23. The van der Waals surface area contributed by atoms with E-state index in [1.807, 2.05) is 0 Å². The Morgan fingerprint density at radius 1 is 1.11 bits per heavy atom. The lowest BCUT2D eigenvalue weighted by Gasteiger charge is -2.17. The molecule has 4 nitrogen and oxygen atoms in total. The highest BCUT2D eigenvalue weighted by Crippen LogP contribution is 2.26. The summed E-state index contributed by atoms with van der Waals surface area (Å²) in [5.41, 5.74) is 4.09. The van der Waals surface area contributed by atoms with Crippen LogP contribution in [0.25, 0.3) is 11.4 Å². The highest BCUT2D eigenvalue weighted by molar-refractivity contribution is 5.58. The molecule has 1 N–H and O–H groups in total. The minimum Gasteiger partial charge on any atom is -0.312 e. The van der Waals surface area contributed by atoms with Crippen molar-refractivity contribution in [2.75, 3.05) is 6.54 Å². The van der Waals surface area contributed by atoms with Gasteiger partial charge in [-0.25, -0.2) is 0 Å². The Balaban J connectivity index is 1.80. The van der Waals surface area contributed by atoms with Crippen molar-refractivity contribution in [2.24, 2.45) is 0 Å². The van der Waals surface area contributed by atoms with Gasteiger partial charge in [-0.05, 0) is 36.6 Å². The molecule has 4 heteroatoms. The third kappa shape index (κ3) is 1.49. The van der Waals surface area contributed by atoms with Gasteiger partial charge in [0.2, 0.25) is 0 Å². The van der Waals surface area contributed by atoms with Crippen molar-refractivity contribution in [3.8, 4) is 11.4 Å². The number of hydrogen-bond acceptors (Lipinski definition) is 3. The molecule has 0 saturated carbocycles. The molecule has 92 valence electrons. The number of benzene rings is 1. The second-order valence-electron chi connectivity index (χ2n) is 5.11. The minimum absolute atomic E-state index is 0.976. The molecule has 0 aliphatic carbocycles. The second kappa shape index (κ2) is 3.92. The summed E-state index contributed by atoms with van der Waals surface area (Å²) < 4.78 is 2.26. The van der Waals surface area contributed by atoms with Gasteiger partial charge in [-0.3, -0.25) is 0 Å². The standard InChI is InChI=1S/C14H16N4/c1-2-13-16-17-14(18(13)7-1)11-4-3-10-5-6-15-9-12(10)8-11/h3-4,8,15H,1-2,5-7,9H2. The van der Waals surface area contributed by atoms with Gasteiger partial charge < -0.3 is 9.88 Å². The van der Waals surface area contributed by atoms with Gasteiger partial charge in [-0.1, -0.05) is 12.1 Å². The van der Waals surface area contributed by atoms with Gasteiger partial charge in [0.05, 0.1) is 0 Å². The number of aromatic nitrogens is 3. The topological polar surface area (TPSA) is 42.7 Å². The van der Waals surface area contributed by atoms with Crippen LogP contribution in [0.2, 0.25) is 0 Å². The van der Waals surface area contributed by atoms with Gasteiger partial charge in [0.25, 0.3) is 0 Å². The molecule has 2 aromatic rings. The Bertz CT molecular complexity index is 600. The van der Waals surface area contributed by atoms with Crippen LogP contribution in [0.15, 0.2) is 18.2 Å². The molecule has 0 atom stereocenters. The third-order valence-corrected chi connectivity index (χ3v) is 3.96. The van der Waals surface area contributed by atoms with Crippen molar-refractivity contribution in [3.05, 3.63) is 35.2 Å². The largest absolute Gasteiger partial charge is 0.312 e. The van der Waals surface area contributed by atoms with Crippen LogP contribution in [-0.4, -0.2) is 21.3 Å². The molecule has 0 radical (unpaired) electrons. The predicted molar refractivity (Wildman–Crippen MR) is 69.2 cm³/mol. The number of nitrogens with one attached hydrogen (secondary N) is 1. The Labute approximate surface area is 106 Å². The van der Waals surface area contributed by atoms with E-state index in [2.05, 4.69) is 38.3 Å². The predicted octanol–water partition coefficient (Wildman–Crippen LogP) is 1.54. The lowest BCUT2D eigenvalue weighted by atomic mass is 9.98. The smallest absolute Gasteiger partial charge is 0.163 e. The molecule has 0 spiro atoms. The summed E-state index contributed by atoms with van der Waals surface area (Å²) in [5.74, 6) is 2.18. The van der Waals surface area contributed by atoms with Crippen LogP contribution in [0.4, 0.5) is 0 Å². The van der Waals surface area contributed by atoms with Crippen molar-refractivity contribution in [3.63, 3.8) is 0 Å². The minimum atomic E-state index is 0.976. The van der Waals surface area contributed by atoms with E-state index in [-0.39, 0.29) is 0 Å². The fraction of sp³-hybridized carbons (Fsp3) is 0.429. The van der Waals surface area contributed by atoms with E-state index in [9.17, 15) is 0 Å². The molecule has 0 unspecified atom stereocenters. The fourth-order valence-electron chi connectivity index (χ4n) is 2.98. The molecule has 0 fully saturated rings. The van der Waals surface area contributed by atoms with Crippen LogP contribution in [0.5, 0.6) is 0 Å². The number of nitrogens with zero attached hydrogens (tertiary/aromatic N) is 3. The van der Waals surface area contributed by atoms with Crippen molar-refractivity contribution in [2.45, 2.75) is 32.4 Å². The van der Waals surface area contributed by atoms with E-state index in [0.717, 1.165) is 44.1 Å². The molecule has 3 heterocycles. The second-order valence-corrected chi connectivity index (χ2v) is 5.11. The molecule has 18 heavy (non-hydrogen) atoms. The van der Waals surface area contributed by atoms with Gasteiger partial charge in [-0.15, -0.1) is 10.2 Å². The average Bonchev–Trinajstić information content (AvgIpc) is 3.00. The first-order valence-corrected chi connectivity index (χ1v) is 6.67. The van der Waals surface area contributed by atoms with Gasteiger partial charge in [0.1, 0.15) is 5.82 Å². The van der Waals surface area contributed by atoms with E-state index < -0.39 is 0 Å². The van der Waals surface area contributed by atoms with E-state index in [0.29, 0.717) is 0 Å². The first kappa shape index (κ1) is 10.3. The van der Waals surface area contributed by atoms with Gasteiger partial charge in [0, 0.05) is 25.1 Å². The SMILES string of the molecule is c1cc2c(cc1-c1nnc3n1CCC3)CNCC2. The molecule has 2 aliphatic heterocycles. The maximum absolute atomic E-state index is 4.35. The average molecular weight is 240 g/mol. The summed E-state index contributed by atoms with van der Waals surface area (Å²) in [6.07, 6.45) is 3.40. The third-order valence-electron chi connectivity index (χ3n) is 3.96. The Morgan fingerprint density at radius 2 is 2.11 bits per heavy atom. The van der Waals surface area contributed by atoms with Crippen LogP contribution in [0, 0.1) is 0 Å². The molecule has 1 aromatic carbocycles. The summed E-state index contributed by atoms with van der Waals surface area (Å²) in [6, 6.07) is 6.72. The summed E-state index contributed by atoms with van der Waals surface area (Å²) >= 11 is 0. The molecule has 0 saturated heterocycles. The molecule has 1 aromatic heterocycles. The zero-order valence-corrected chi connectivity index (χ0v) is 10.3. The molecular formula is C14H16N4. The fourth-order valence-corrected chi connectivity index (χ4v) is 2.98. The molecule has 0 amide bonds. The zero-order chi connectivity index (χ0) is 11.9. The highest BCUT2D eigenvalue weighted by Gasteiger charge is 2.19. The molecule has 2 aliphatic rings. The number of fused-ring (bicyclic) bond motifs is 2. The van der Waals surface area contributed by atoms with Crippen LogP contribution < -0.4 is 5.32 Å². The summed E-state index contributed by atoms with van der Waals surface area (Å²) in [6.45, 7) is 3.13. The first-order valence-electron chi connectivity index (χ1n) is 6.67. The quantitative estimate of drug-likeness (QED) is 0.822. The summed E-state index contributed by atoms with van der Waals surface area (Å²) in [5, 5.41) is 12.1. The monoisotopic (exact) mass is 240 g/mol. The van der Waals surface area contributed by atoms with Crippen molar-refractivity contribution in [1.29, 1.82) is 0 Å². The first-order chi connectivity index (χ1) is 8.92. The normalized spacial score (nSPS) is 17.6. The number of aryl methyl sites for hydroxylation is 1. The lowest BCUT2D eigenvalue weighted by Crippen LogP contribution is -2.23. The van der Waals surface area contributed by atoms with Gasteiger partial charge in [-0.2, -0.15) is 0 Å². The number of rotatable bonds is 1.